The minimum absolute atomic E-state index is 0.0217. The number of carbonyl (C=O) groups is 1. The minimum atomic E-state index is -0.266. The first-order valence-electron chi connectivity index (χ1n) is 7.65. The normalized spacial score (nSPS) is 15.0. The topological polar surface area (TPSA) is 79.8 Å². The fraction of sp³-hybridized carbons (Fsp3) is 0.250. The van der Waals surface area contributed by atoms with Gasteiger partial charge in [-0.3, -0.25) is 5.32 Å². The van der Waals surface area contributed by atoms with Gasteiger partial charge in [0.15, 0.2) is 5.82 Å². The van der Waals surface area contributed by atoms with E-state index >= 15 is 0 Å². The Kier molecular flexibility index (Phi) is 4.22. The number of nitrogens with one attached hydrogen (secondary N) is 2. The molecule has 8 heteroatoms. The molecule has 1 atom stereocenters. The van der Waals surface area contributed by atoms with Gasteiger partial charge in [0.2, 0.25) is 5.13 Å². The molecule has 0 bridgehead atoms. The monoisotopic (exact) mass is 357 g/mol. The zero-order valence-corrected chi connectivity index (χ0v) is 14.3. The van der Waals surface area contributed by atoms with Crippen LogP contribution < -0.4 is 10.6 Å². The zero-order chi connectivity index (χ0) is 16.4. The molecule has 1 saturated carbocycles. The van der Waals surface area contributed by atoms with E-state index in [0.29, 0.717) is 16.9 Å². The summed E-state index contributed by atoms with van der Waals surface area (Å²) in [7, 11) is 0. The van der Waals surface area contributed by atoms with Crippen LogP contribution in [0.5, 0.6) is 0 Å². The molecule has 0 spiro atoms. The summed E-state index contributed by atoms with van der Waals surface area (Å²) in [4.78, 5) is 21.0. The van der Waals surface area contributed by atoms with Crippen molar-refractivity contribution in [3.05, 3.63) is 46.9 Å². The largest absolute Gasteiger partial charge is 0.328 e. The third-order valence-electron chi connectivity index (χ3n) is 3.78. The second-order valence-corrected chi connectivity index (χ2v) is 7.25. The van der Waals surface area contributed by atoms with Crippen LogP contribution in [-0.2, 0) is 0 Å². The Balaban J connectivity index is 1.42. The van der Waals surface area contributed by atoms with Gasteiger partial charge in [-0.1, -0.05) is 30.3 Å². The van der Waals surface area contributed by atoms with E-state index in [-0.39, 0.29) is 12.1 Å². The van der Waals surface area contributed by atoms with Gasteiger partial charge in [0.05, 0.1) is 6.04 Å². The van der Waals surface area contributed by atoms with Crippen LogP contribution in [0.2, 0.25) is 0 Å². The molecule has 24 heavy (non-hydrogen) atoms. The number of carbonyl (C=O) groups excluding carboxylic acids is 1. The molecule has 0 saturated heterocycles. The van der Waals surface area contributed by atoms with Crippen molar-refractivity contribution >= 4 is 34.0 Å². The van der Waals surface area contributed by atoms with Crippen molar-refractivity contribution in [2.45, 2.75) is 18.9 Å². The highest BCUT2D eigenvalue weighted by Gasteiger charge is 2.35. The van der Waals surface area contributed by atoms with Crippen molar-refractivity contribution in [3.63, 3.8) is 0 Å². The molecule has 1 aliphatic rings. The van der Waals surface area contributed by atoms with Crippen LogP contribution >= 0.6 is 22.9 Å². The number of aromatic nitrogens is 3. The maximum absolute atomic E-state index is 12.3. The molecule has 0 aliphatic heterocycles. The second kappa shape index (κ2) is 6.66. The lowest BCUT2D eigenvalue weighted by molar-refractivity contribution is 0.247. The fourth-order valence-electron chi connectivity index (χ4n) is 2.45. The lowest BCUT2D eigenvalue weighted by atomic mass is 10.2. The van der Waals surface area contributed by atoms with Gasteiger partial charge in [0, 0.05) is 28.7 Å². The van der Waals surface area contributed by atoms with E-state index < -0.39 is 0 Å². The maximum atomic E-state index is 12.3. The van der Waals surface area contributed by atoms with Gasteiger partial charge in [0.1, 0.15) is 5.01 Å². The minimum Gasteiger partial charge on any atom is -0.328 e. The molecular formula is C16H15N5OS2. The van der Waals surface area contributed by atoms with Crippen LogP contribution in [0.4, 0.5) is 9.93 Å². The van der Waals surface area contributed by atoms with Gasteiger partial charge in [-0.15, -0.1) is 11.3 Å². The Morgan fingerprint density at radius 1 is 1.25 bits per heavy atom. The number of amides is 2. The molecular weight excluding hydrogens is 342 g/mol. The quantitative estimate of drug-likeness (QED) is 0.725. The van der Waals surface area contributed by atoms with E-state index in [1.807, 2.05) is 35.7 Å². The first kappa shape index (κ1) is 15.2. The Labute approximate surface area is 147 Å². The Bertz CT molecular complexity index is 814. The SMILES string of the molecule is O=C(Nc1nc(-c2ccccc2)ns1)N[C@H](c1nccs1)C1CC1. The lowest BCUT2D eigenvalue weighted by Gasteiger charge is -2.15. The average molecular weight is 357 g/mol. The molecule has 2 amide bonds. The Hall–Kier alpha value is -2.32. The highest BCUT2D eigenvalue weighted by Crippen LogP contribution is 2.41. The van der Waals surface area contributed by atoms with Gasteiger partial charge in [0.25, 0.3) is 0 Å². The van der Waals surface area contributed by atoms with Crippen LogP contribution in [0.3, 0.4) is 0 Å². The number of benzene rings is 1. The molecule has 4 rings (SSSR count). The third kappa shape index (κ3) is 3.44. The van der Waals surface area contributed by atoms with Crippen LogP contribution in [-0.4, -0.2) is 20.4 Å². The van der Waals surface area contributed by atoms with E-state index in [2.05, 4.69) is 25.0 Å². The van der Waals surface area contributed by atoms with Crippen molar-refractivity contribution in [2.75, 3.05) is 5.32 Å². The lowest BCUT2D eigenvalue weighted by Crippen LogP contribution is -2.33. The number of thiazole rings is 1. The van der Waals surface area contributed by atoms with E-state index in [1.54, 1.807) is 17.5 Å². The standard InChI is InChI=1S/C16H15N5OS2/c22-15(18-12(10-6-7-10)14-17-8-9-23-14)20-16-19-13(21-24-16)11-4-2-1-3-5-11/h1-5,8-10,12H,6-7H2,(H2,18,19,20,21,22)/t12-/m0/s1. The van der Waals surface area contributed by atoms with E-state index in [1.165, 1.54) is 11.5 Å². The molecule has 122 valence electrons. The average Bonchev–Trinajstić information content (AvgIpc) is 3.10. The van der Waals surface area contributed by atoms with Crippen LogP contribution in [0, 0.1) is 5.92 Å². The number of hydrogen-bond acceptors (Lipinski definition) is 6. The summed E-state index contributed by atoms with van der Waals surface area (Å²) >= 11 is 2.75. The predicted molar refractivity (Wildman–Crippen MR) is 95.1 cm³/mol. The molecule has 1 aromatic carbocycles. The van der Waals surface area contributed by atoms with Crippen molar-refractivity contribution < 1.29 is 4.79 Å². The molecule has 1 aliphatic carbocycles. The maximum Gasteiger partial charge on any atom is 0.321 e. The molecule has 1 fully saturated rings. The van der Waals surface area contributed by atoms with Gasteiger partial charge in [-0.05, 0) is 18.8 Å². The van der Waals surface area contributed by atoms with Gasteiger partial charge in [-0.2, -0.15) is 9.36 Å². The highest BCUT2D eigenvalue weighted by molar-refractivity contribution is 7.10. The number of rotatable bonds is 5. The van der Waals surface area contributed by atoms with Gasteiger partial charge < -0.3 is 5.32 Å². The highest BCUT2D eigenvalue weighted by atomic mass is 32.1. The van der Waals surface area contributed by atoms with Crippen LogP contribution in [0.15, 0.2) is 41.9 Å². The van der Waals surface area contributed by atoms with E-state index in [4.69, 9.17) is 0 Å². The Morgan fingerprint density at radius 2 is 2.08 bits per heavy atom. The summed E-state index contributed by atoms with van der Waals surface area (Å²) in [6.07, 6.45) is 4.02. The number of hydrogen-bond donors (Lipinski definition) is 2. The zero-order valence-electron chi connectivity index (χ0n) is 12.7. The number of urea groups is 1. The molecule has 0 unspecified atom stereocenters. The number of anilines is 1. The van der Waals surface area contributed by atoms with Gasteiger partial charge >= 0.3 is 6.03 Å². The summed E-state index contributed by atoms with van der Waals surface area (Å²) in [5.74, 6) is 1.10. The summed E-state index contributed by atoms with van der Waals surface area (Å²) < 4.78 is 4.29. The summed E-state index contributed by atoms with van der Waals surface area (Å²) in [6, 6.07) is 9.41. The van der Waals surface area contributed by atoms with E-state index in [9.17, 15) is 4.79 Å². The second-order valence-electron chi connectivity index (χ2n) is 5.57. The first-order valence-corrected chi connectivity index (χ1v) is 9.31. The van der Waals surface area contributed by atoms with Gasteiger partial charge in [-0.25, -0.2) is 9.78 Å². The van der Waals surface area contributed by atoms with Crippen LogP contribution in [0.25, 0.3) is 11.4 Å². The van der Waals surface area contributed by atoms with Crippen molar-refractivity contribution in [2.24, 2.45) is 5.92 Å². The molecule has 2 aromatic heterocycles. The van der Waals surface area contributed by atoms with Crippen molar-refractivity contribution in [1.82, 2.24) is 19.7 Å². The predicted octanol–water partition coefficient (Wildman–Crippen LogP) is 3.93. The summed E-state index contributed by atoms with van der Waals surface area (Å²) in [5.41, 5.74) is 0.931. The number of nitrogens with zero attached hydrogens (tertiary/aromatic N) is 3. The first-order chi connectivity index (χ1) is 11.8. The smallest absolute Gasteiger partial charge is 0.321 e. The van der Waals surface area contributed by atoms with E-state index in [0.717, 1.165) is 23.4 Å². The molecule has 0 radical (unpaired) electrons. The third-order valence-corrected chi connectivity index (χ3v) is 5.27. The van der Waals surface area contributed by atoms with Crippen LogP contribution in [0.1, 0.15) is 23.9 Å². The molecule has 2 heterocycles. The molecule has 2 N–H and O–H groups in total. The van der Waals surface area contributed by atoms with Crippen molar-refractivity contribution in [1.29, 1.82) is 0 Å². The van der Waals surface area contributed by atoms with Crippen molar-refractivity contribution in [3.8, 4) is 11.4 Å². The Morgan fingerprint density at radius 3 is 2.79 bits per heavy atom. The molecule has 3 aromatic rings. The summed E-state index contributed by atoms with van der Waals surface area (Å²) in [5, 5.41) is 9.17. The molecule has 6 nitrogen and oxygen atoms in total. The summed E-state index contributed by atoms with van der Waals surface area (Å²) in [6.45, 7) is 0. The fourth-order valence-corrected chi connectivity index (χ4v) is 3.82.